The van der Waals surface area contributed by atoms with Crippen molar-refractivity contribution in [2.24, 2.45) is 0 Å². The van der Waals surface area contributed by atoms with Gasteiger partial charge in [-0.15, -0.1) is 10.2 Å². The predicted molar refractivity (Wildman–Crippen MR) is 108 cm³/mol. The van der Waals surface area contributed by atoms with E-state index in [1.807, 2.05) is 36.4 Å². The van der Waals surface area contributed by atoms with E-state index in [1.54, 1.807) is 12.1 Å². The Morgan fingerprint density at radius 2 is 1.76 bits per heavy atom. The van der Waals surface area contributed by atoms with E-state index >= 15 is 0 Å². The monoisotopic (exact) mass is 413 g/mol. The van der Waals surface area contributed by atoms with E-state index in [9.17, 15) is 12.8 Å². The fourth-order valence-electron chi connectivity index (χ4n) is 3.20. The average Bonchev–Trinajstić information content (AvgIpc) is 3.23. The number of hydrogen-bond acceptors (Lipinski definition) is 5. The molecule has 0 saturated heterocycles. The number of tetrazole rings is 1. The predicted octanol–water partition coefficient (Wildman–Crippen LogP) is 2.60. The number of hydrogen-bond donors (Lipinski definition) is 0. The molecule has 0 fully saturated rings. The minimum Gasteiger partial charge on any atom is -0.212 e. The van der Waals surface area contributed by atoms with Gasteiger partial charge in [-0.3, -0.25) is 0 Å². The second kappa shape index (κ2) is 8.22. The summed E-state index contributed by atoms with van der Waals surface area (Å²) in [4.78, 5) is 1.31. The summed E-state index contributed by atoms with van der Waals surface area (Å²) in [7, 11) is -3.45. The van der Waals surface area contributed by atoms with Gasteiger partial charge >= 0.3 is 0 Å². The van der Waals surface area contributed by atoms with Crippen molar-refractivity contribution < 1.29 is 12.8 Å². The first-order valence-electron chi connectivity index (χ1n) is 9.27. The summed E-state index contributed by atoms with van der Waals surface area (Å²) in [5.74, 6) is 0.0801. The minimum atomic E-state index is -3.45. The van der Waals surface area contributed by atoms with Gasteiger partial charge in [0.25, 0.3) is 0 Å². The standard InChI is InChI=1S/C20H20FN5O2S/c21-19-8-6-16(7-9-19)17-10-12-25(13-11-17)29(27,28)15-14-26-23-20(22-24-26)18-4-2-1-3-5-18/h1-10H,11-15H2. The maximum atomic E-state index is 13.1. The van der Waals surface area contributed by atoms with Crippen LogP contribution in [0.4, 0.5) is 4.39 Å². The number of benzene rings is 2. The maximum Gasteiger partial charge on any atom is 0.216 e. The Kier molecular flexibility index (Phi) is 5.50. The van der Waals surface area contributed by atoms with Crippen LogP contribution < -0.4 is 0 Å². The highest BCUT2D eigenvalue weighted by atomic mass is 32.2. The van der Waals surface area contributed by atoms with Gasteiger partial charge in [-0.05, 0) is 34.9 Å². The first-order valence-corrected chi connectivity index (χ1v) is 10.9. The van der Waals surface area contributed by atoms with Crippen LogP contribution in [0.5, 0.6) is 0 Å². The van der Waals surface area contributed by atoms with Gasteiger partial charge in [0.2, 0.25) is 15.8 Å². The van der Waals surface area contributed by atoms with E-state index in [2.05, 4.69) is 15.4 Å². The molecule has 3 aromatic rings. The highest BCUT2D eigenvalue weighted by Crippen LogP contribution is 2.24. The van der Waals surface area contributed by atoms with Crippen molar-refractivity contribution in [2.45, 2.75) is 13.0 Å². The molecule has 1 aliphatic rings. The largest absolute Gasteiger partial charge is 0.216 e. The molecule has 4 rings (SSSR count). The van der Waals surface area contributed by atoms with Crippen LogP contribution in [0.1, 0.15) is 12.0 Å². The van der Waals surface area contributed by atoms with E-state index in [4.69, 9.17) is 0 Å². The van der Waals surface area contributed by atoms with Crippen LogP contribution in [0, 0.1) is 5.82 Å². The average molecular weight is 413 g/mol. The number of aryl methyl sites for hydroxylation is 1. The molecule has 0 saturated carbocycles. The second-order valence-corrected chi connectivity index (χ2v) is 8.82. The summed E-state index contributed by atoms with van der Waals surface area (Å²) in [6, 6.07) is 15.7. The first kappa shape index (κ1) is 19.4. The van der Waals surface area contributed by atoms with Crippen molar-refractivity contribution in [3.63, 3.8) is 0 Å². The Morgan fingerprint density at radius 3 is 2.45 bits per heavy atom. The lowest BCUT2D eigenvalue weighted by Gasteiger charge is -2.25. The zero-order valence-corrected chi connectivity index (χ0v) is 16.5. The van der Waals surface area contributed by atoms with E-state index < -0.39 is 10.0 Å². The lowest BCUT2D eigenvalue weighted by molar-refractivity contribution is 0.434. The topological polar surface area (TPSA) is 81.0 Å². The molecule has 7 nitrogen and oxygen atoms in total. The normalized spacial score (nSPS) is 15.3. The van der Waals surface area contributed by atoms with Crippen LogP contribution in [0.3, 0.4) is 0 Å². The van der Waals surface area contributed by atoms with Crippen molar-refractivity contribution in [3.05, 3.63) is 72.1 Å². The molecule has 0 radical (unpaired) electrons. The molecule has 0 atom stereocenters. The fraction of sp³-hybridized carbons (Fsp3) is 0.250. The van der Waals surface area contributed by atoms with E-state index in [0.29, 0.717) is 25.3 Å². The molecule has 0 amide bonds. The Morgan fingerprint density at radius 1 is 1.00 bits per heavy atom. The molecule has 0 bridgehead atoms. The Labute approximate surface area is 168 Å². The Hall–Kier alpha value is -2.91. The van der Waals surface area contributed by atoms with Crippen molar-refractivity contribution in [2.75, 3.05) is 18.8 Å². The first-order chi connectivity index (χ1) is 14.0. The van der Waals surface area contributed by atoms with E-state index in [0.717, 1.165) is 16.7 Å². The van der Waals surface area contributed by atoms with Gasteiger partial charge in [-0.1, -0.05) is 48.5 Å². The number of rotatable bonds is 6. The summed E-state index contributed by atoms with van der Waals surface area (Å²) in [5, 5.41) is 12.2. The van der Waals surface area contributed by atoms with Crippen molar-refractivity contribution in [1.29, 1.82) is 0 Å². The highest BCUT2D eigenvalue weighted by molar-refractivity contribution is 7.89. The maximum absolute atomic E-state index is 13.1. The molecular formula is C20H20FN5O2S. The number of sulfonamides is 1. The summed E-state index contributed by atoms with van der Waals surface area (Å²) in [6.45, 7) is 0.827. The van der Waals surface area contributed by atoms with Crippen molar-refractivity contribution >= 4 is 15.6 Å². The fourth-order valence-corrected chi connectivity index (χ4v) is 4.52. The van der Waals surface area contributed by atoms with Gasteiger partial charge in [0.15, 0.2) is 0 Å². The summed E-state index contributed by atoms with van der Waals surface area (Å²) < 4.78 is 39.9. The SMILES string of the molecule is O=S(=O)(CCn1nnc(-c2ccccc2)n1)N1CC=C(c2ccc(F)cc2)CC1. The number of halogens is 1. The summed E-state index contributed by atoms with van der Waals surface area (Å²) in [5.41, 5.74) is 2.78. The summed E-state index contributed by atoms with van der Waals surface area (Å²) in [6.07, 6.45) is 2.47. The summed E-state index contributed by atoms with van der Waals surface area (Å²) >= 11 is 0. The van der Waals surface area contributed by atoms with Crippen molar-refractivity contribution in [1.82, 2.24) is 24.5 Å². The molecule has 0 spiro atoms. The van der Waals surface area contributed by atoms with Crippen molar-refractivity contribution in [3.8, 4) is 11.4 Å². The molecular weight excluding hydrogens is 393 g/mol. The molecule has 0 aliphatic carbocycles. The third-order valence-electron chi connectivity index (χ3n) is 4.81. The number of aromatic nitrogens is 4. The molecule has 2 aromatic carbocycles. The van der Waals surface area contributed by atoms with Crippen LogP contribution in [-0.2, 0) is 16.6 Å². The molecule has 0 unspecified atom stereocenters. The molecule has 1 aromatic heterocycles. The van der Waals surface area contributed by atoms with Gasteiger partial charge in [-0.25, -0.2) is 12.8 Å². The van der Waals surface area contributed by atoms with Crippen LogP contribution >= 0.6 is 0 Å². The van der Waals surface area contributed by atoms with Crippen LogP contribution in [-0.4, -0.2) is 51.8 Å². The van der Waals surface area contributed by atoms with Gasteiger partial charge in [0.1, 0.15) is 5.82 Å². The van der Waals surface area contributed by atoms with Gasteiger partial charge in [0, 0.05) is 18.7 Å². The van der Waals surface area contributed by atoms with Gasteiger partial charge in [-0.2, -0.15) is 9.10 Å². The van der Waals surface area contributed by atoms with Crippen LogP contribution in [0.15, 0.2) is 60.7 Å². The smallest absolute Gasteiger partial charge is 0.212 e. The Balaban J connectivity index is 1.37. The quantitative estimate of drug-likeness (QED) is 0.621. The molecule has 2 heterocycles. The molecule has 29 heavy (non-hydrogen) atoms. The second-order valence-electron chi connectivity index (χ2n) is 6.74. The Bertz CT molecular complexity index is 1110. The third-order valence-corrected chi connectivity index (χ3v) is 6.63. The van der Waals surface area contributed by atoms with Crippen LogP contribution in [0.2, 0.25) is 0 Å². The lowest BCUT2D eigenvalue weighted by Crippen LogP contribution is -2.37. The van der Waals surface area contributed by atoms with E-state index in [1.165, 1.54) is 21.2 Å². The lowest BCUT2D eigenvalue weighted by atomic mass is 10.0. The molecule has 1 aliphatic heterocycles. The highest BCUT2D eigenvalue weighted by Gasteiger charge is 2.24. The minimum absolute atomic E-state index is 0.0999. The van der Waals surface area contributed by atoms with E-state index in [-0.39, 0.29) is 18.1 Å². The number of nitrogens with zero attached hydrogens (tertiary/aromatic N) is 5. The molecule has 9 heteroatoms. The van der Waals surface area contributed by atoms with Gasteiger partial charge in [0.05, 0.1) is 12.3 Å². The molecule has 0 N–H and O–H groups in total. The zero-order chi connectivity index (χ0) is 20.3. The zero-order valence-electron chi connectivity index (χ0n) is 15.6. The third kappa shape index (κ3) is 4.57. The van der Waals surface area contributed by atoms with Crippen LogP contribution in [0.25, 0.3) is 17.0 Å². The van der Waals surface area contributed by atoms with Gasteiger partial charge < -0.3 is 0 Å². The molecule has 150 valence electrons.